The monoisotopic (exact) mass is 268 g/mol. The van der Waals surface area contributed by atoms with Crippen molar-refractivity contribution in [1.29, 1.82) is 0 Å². The van der Waals surface area contributed by atoms with Gasteiger partial charge in [-0.2, -0.15) is 0 Å². The summed E-state index contributed by atoms with van der Waals surface area (Å²) >= 11 is 0. The Bertz CT molecular complexity index is 754. The van der Waals surface area contributed by atoms with E-state index in [0.717, 1.165) is 4.57 Å². The number of carboxylic acid groups (broad SMARTS) is 1. The van der Waals surface area contributed by atoms with Gasteiger partial charge in [-0.05, 0) is 0 Å². The van der Waals surface area contributed by atoms with Gasteiger partial charge >= 0.3 is 11.7 Å². The Labute approximate surface area is 106 Å². The molecule has 0 amide bonds. The molecule has 0 spiro atoms. The van der Waals surface area contributed by atoms with E-state index in [9.17, 15) is 14.4 Å². The Morgan fingerprint density at radius 2 is 2.16 bits per heavy atom. The number of rotatable bonds is 4. The molecule has 0 saturated heterocycles. The molecule has 0 fully saturated rings. The first-order valence-electron chi connectivity index (χ1n) is 5.39. The van der Waals surface area contributed by atoms with E-state index in [2.05, 4.69) is 9.97 Å². The van der Waals surface area contributed by atoms with Crippen LogP contribution >= 0.6 is 0 Å². The normalized spacial score (nSPS) is 11.1. The molecule has 2 heterocycles. The standard InChI is InChI=1S/C10H12N4O5/c1-13-8(15)5-7(12-6(11-5)9(16)17)14(10(13)18)3-4-19-2/h3-4H2,1-2H3,(H,11,12)(H,16,17). The maximum atomic E-state index is 12.0. The number of aromatic carboxylic acids is 1. The highest BCUT2D eigenvalue weighted by Gasteiger charge is 2.18. The van der Waals surface area contributed by atoms with Gasteiger partial charge in [-0.25, -0.2) is 14.6 Å². The quantitative estimate of drug-likeness (QED) is 0.716. The maximum Gasteiger partial charge on any atom is 0.371 e. The van der Waals surface area contributed by atoms with Crippen molar-refractivity contribution < 1.29 is 14.6 Å². The Hall–Kier alpha value is -2.42. The van der Waals surface area contributed by atoms with Crippen molar-refractivity contribution in [2.24, 2.45) is 7.05 Å². The fourth-order valence-corrected chi connectivity index (χ4v) is 1.72. The third kappa shape index (κ3) is 2.03. The summed E-state index contributed by atoms with van der Waals surface area (Å²) in [5.41, 5.74) is -1.19. The number of aromatic nitrogens is 4. The number of carboxylic acids is 1. The highest BCUT2D eigenvalue weighted by atomic mass is 16.5. The zero-order chi connectivity index (χ0) is 14.2. The average Bonchev–Trinajstić information content (AvgIpc) is 2.81. The molecule has 0 atom stereocenters. The van der Waals surface area contributed by atoms with Crippen molar-refractivity contribution in [2.45, 2.75) is 6.54 Å². The van der Waals surface area contributed by atoms with Crippen molar-refractivity contribution in [3.8, 4) is 0 Å². The number of H-pyrrole nitrogens is 1. The van der Waals surface area contributed by atoms with Gasteiger partial charge in [0.2, 0.25) is 5.82 Å². The molecule has 0 unspecified atom stereocenters. The summed E-state index contributed by atoms with van der Waals surface area (Å²) in [5, 5.41) is 8.87. The van der Waals surface area contributed by atoms with E-state index in [1.807, 2.05) is 0 Å². The van der Waals surface area contributed by atoms with Crippen LogP contribution < -0.4 is 11.2 Å². The van der Waals surface area contributed by atoms with E-state index in [0.29, 0.717) is 0 Å². The van der Waals surface area contributed by atoms with Crippen LogP contribution in [-0.2, 0) is 18.3 Å². The zero-order valence-corrected chi connectivity index (χ0v) is 10.3. The summed E-state index contributed by atoms with van der Waals surface area (Å²) in [4.78, 5) is 40.9. The van der Waals surface area contributed by atoms with E-state index in [4.69, 9.17) is 9.84 Å². The lowest BCUT2D eigenvalue weighted by atomic mass is 10.5. The summed E-state index contributed by atoms with van der Waals surface area (Å²) in [7, 11) is 2.78. The van der Waals surface area contributed by atoms with E-state index in [1.165, 1.54) is 18.7 Å². The van der Waals surface area contributed by atoms with Crippen LogP contribution in [0.15, 0.2) is 9.59 Å². The lowest BCUT2D eigenvalue weighted by Crippen LogP contribution is -2.38. The van der Waals surface area contributed by atoms with Crippen molar-refractivity contribution in [2.75, 3.05) is 13.7 Å². The summed E-state index contributed by atoms with van der Waals surface area (Å²) in [5.74, 6) is -1.69. The third-order valence-corrected chi connectivity index (χ3v) is 2.70. The number of nitrogens with one attached hydrogen (secondary N) is 1. The lowest BCUT2D eigenvalue weighted by molar-refractivity contribution is 0.0685. The van der Waals surface area contributed by atoms with Crippen molar-refractivity contribution in [1.82, 2.24) is 19.1 Å². The third-order valence-electron chi connectivity index (χ3n) is 2.70. The van der Waals surface area contributed by atoms with Crippen molar-refractivity contribution >= 4 is 17.1 Å². The van der Waals surface area contributed by atoms with E-state index in [-0.39, 0.29) is 30.1 Å². The number of imidazole rings is 1. The van der Waals surface area contributed by atoms with E-state index >= 15 is 0 Å². The average molecular weight is 268 g/mol. The number of methoxy groups -OCH3 is 1. The second kappa shape index (κ2) is 4.69. The minimum Gasteiger partial charge on any atom is -0.475 e. The predicted molar refractivity (Wildman–Crippen MR) is 64.4 cm³/mol. The van der Waals surface area contributed by atoms with Gasteiger partial charge in [-0.15, -0.1) is 0 Å². The zero-order valence-electron chi connectivity index (χ0n) is 10.3. The molecule has 9 nitrogen and oxygen atoms in total. The van der Waals surface area contributed by atoms with Gasteiger partial charge in [0.15, 0.2) is 11.2 Å². The first kappa shape index (κ1) is 13.0. The fourth-order valence-electron chi connectivity index (χ4n) is 1.72. The van der Waals surface area contributed by atoms with Gasteiger partial charge in [0.05, 0.1) is 13.2 Å². The smallest absolute Gasteiger partial charge is 0.371 e. The predicted octanol–water partition coefficient (Wildman–Crippen LogP) is -1.23. The molecule has 0 aromatic carbocycles. The summed E-state index contributed by atoms with van der Waals surface area (Å²) in [6, 6.07) is 0. The van der Waals surface area contributed by atoms with Crippen LogP contribution in [0.5, 0.6) is 0 Å². The SMILES string of the molecule is COCCn1c(=O)n(C)c(=O)c2[nH]c(C(=O)O)nc21. The molecule has 0 aliphatic heterocycles. The number of hydrogen-bond acceptors (Lipinski definition) is 5. The van der Waals surface area contributed by atoms with Crippen LogP contribution in [0.25, 0.3) is 11.2 Å². The van der Waals surface area contributed by atoms with Gasteiger partial charge in [0.25, 0.3) is 5.56 Å². The van der Waals surface area contributed by atoms with Gasteiger partial charge in [0, 0.05) is 14.2 Å². The minimum absolute atomic E-state index is 0.0163. The molecule has 2 rings (SSSR count). The molecule has 0 radical (unpaired) electrons. The van der Waals surface area contributed by atoms with Crippen molar-refractivity contribution in [3.05, 3.63) is 26.7 Å². The Morgan fingerprint density at radius 3 is 2.74 bits per heavy atom. The molecular formula is C10H12N4O5. The largest absolute Gasteiger partial charge is 0.475 e. The van der Waals surface area contributed by atoms with Gasteiger partial charge in [-0.3, -0.25) is 13.9 Å². The van der Waals surface area contributed by atoms with Gasteiger partial charge in [-0.1, -0.05) is 0 Å². The first-order chi connectivity index (χ1) is 8.97. The molecule has 0 aliphatic rings. The van der Waals surface area contributed by atoms with Gasteiger partial charge in [0.1, 0.15) is 0 Å². The first-order valence-corrected chi connectivity index (χ1v) is 5.39. The number of carbonyl (C=O) groups is 1. The second-order valence-electron chi connectivity index (χ2n) is 3.88. The number of nitrogens with zero attached hydrogens (tertiary/aromatic N) is 3. The molecule has 9 heteroatoms. The molecule has 19 heavy (non-hydrogen) atoms. The van der Waals surface area contributed by atoms with E-state index < -0.39 is 17.2 Å². The molecule has 0 bridgehead atoms. The molecule has 2 N–H and O–H groups in total. The molecular weight excluding hydrogens is 256 g/mol. The maximum absolute atomic E-state index is 12.0. The Kier molecular flexibility index (Phi) is 3.21. The Morgan fingerprint density at radius 1 is 1.47 bits per heavy atom. The van der Waals surface area contributed by atoms with Crippen LogP contribution in [0.3, 0.4) is 0 Å². The number of aromatic amines is 1. The summed E-state index contributed by atoms with van der Waals surface area (Å²) < 4.78 is 6.96. The number of ether oxygens (including phenoxy) is 1. The van der Waals surface area contributed by atoms with Crippen molar-refractivity contribution in [3.63, 3.8) is 0 Å². The molecule has 0 aliphatic carbocycles. The summed E-state index contributed by atoms with van der Waals surface area (Å²) in [6.07, 6.45) is 0. The number of hydrogen-bond donors (Lipinski definition) is 2. The molecule has 0 saturated carbocycles. The summed E-state index contributed by atoms with van der Waals surface area (Å²) in [6.45, 7) is 0.409. The van der Waals surface area contributed by atoms with Crippen LogP contribution in [0.4, 0.5) is 0 Å². The van der Waals surface area contributed by atoms with Crippen LogP contribution in [0.2, 0.25) is 0 Å². The topological polar surface area (TPSA) is 119 Å². The lowest BCUT2D eigenvalue weighted by Gasteiger charge is -2.07. The van der Waals surface area contributed by atoms with Crippen LogP contribution in [0, 0.1) is 0 Å². The van der Waals surface area contributed by atoms with E-state index in [1.54, 1.807) is 0 Å². The Balaban J connectivity index is 2.81. The van der Waals surface area contributed by atoms with Crippen LogP contribution in [-0.4, -0.2) is 43.9 Å². The highest BCUT2D eigenvalue weighted by Crippen LogP contribution is 2.05. The van der Waals surface area contributed by atoms with Crippen LogP contribution in [0.1, 0.15) is 10.6 Å². The molecule has 2 aromatic rings. The minimum atomic E-state index is -1.30. The molecule has 102 valence electrons. The second-order valence-corrected chi connectivity index (χ2v) is 3.88. The highest BCUT2D eigenvalue weighted by molar-refractivity contribution is 5.87. The number of fused-ring (bicyclic) bond motifs is 1. The fraction of sp³-hybridized carbons (Fsp3) is 0.400. The van der Waals surface area contributed by atoms with Gasteiger partial charge < -0.3 is 14.8 Å². The molecule has 2 aromatic heterocycles.